The van der Waals surface area contributed by atoms with Crippen LogP contribution in [-0.4, -0.2) is 19.1 Å². The lowest BCUT2D eigenvalue weighted by Crippen LogP contribution is -2.15. The van der Waals surface area contributed by atoms with E-state index in [0.29, 0.717) is 6.54 Å². The molecule has 2 rings (SSSR count). The van der Waals surface area contributed by atoms with Gasteiger partial charge in [0.1, 0.15) is 5.82 Å². The van der Waals surface area contributed by atoms with Crippen LogP contribution in [0.3, 0.4) is 0 Å². The van der Waals surface area contributed by atoms with Crippen molar-refractivity contribution in [3.8, 4) is 10.4 Å². The summed E-state index contributed by atoms with van der Waals surface area (Å²) in [6.45, 7) is 0.492. The minimum absolute atomic E-state index is 0.492. The van der Waals surface area contributed by atoms with Crippen LogP contribution in [-0.2, 0) is 6.54 Å². The number of rotatable bonds is 3. The van der Waals surface area contributed by atoms with E-state index in [9.17, 15) is 0 Å². The van der Waals surface area contributed by atoms with Gasteiger partial charge in [0.2, 0.25) is 0 Å². The molecule has 0 aliphatic rings. The van der Waals surface area contributed by atoms with Crippen LogP contribution in [0.15, 0.2) is 28.2 Å². The van der Waals surface area contributed by atoms with Crippen LogP contribution in [0.1, 0.15) is 5.56 Å². The first-order valence-corrected chi connectivity index (χ1v) is 6.90. The van der Waals surface area contributed by atoms with Crippen molar-refractivity contribution in [2.45, 2.75) is 6.54 Å². The highest BCUT2D eigenvalue weighted by molar-refractivity contribution is 9.10. The normalized spacial score (nSPS) is 10.6. The topological polar surface area (TPSA) is 42.2 Å². The fourth-order valence-electron chi connectivity index (χ4n) is 1.75. The molecule has 90 valence electrons. The average molecular weight is 312 g/mol. The van der Waals surface area contributed by atoms with Gasteiger partial charge < -0.3 is 10.6 Å². The summed E-state index contributed by atoms with van der Waals surface area (Å²) in [4.78, 5) is 7.59. The van der Waals surface area contributed by atoms with Gasteiger partial charge in [-0.25, -0.2) is 4.98 Å². The molecule has 2 N–H and O–H groups in total. The number of halogens is 1. The van der Waals surface area contributed by atoms with E-state index in [4.69, 9.17) is 5.73 Å². The molecule has 3 nitrogen and oxygen atoms in total. The maximum Gasteiger partial charge on any atom is 0.133 e. The maximum atomic E-state index is 5.86. The first kappa shape index (κ1) is 12.5. The Bertz CT molecular complexity index is 522. The van der Waals surface area contributed by atoms with E-state index in [2.05, 4.69) is 32.4 Å². The third kappa shape index (κ3) is 2.51. The molecule has 2 heterocycles. The van der Waals surface area contributed by atoms with E-state index in [1.807, 2.05) is 31.3 Å². The number of hydrogen-bond donors (Lipinski definition) is 1. The Hall–Kier alpha value is -0.910. The van der Waals surface area contributed by atoms with Crippen molar-refractivity contribution >= 4 is 33.1 Å². The van der Waals surface area contributed by atoms with E-state index < -0.39 is 0 Å². The van der Waals surface area contributed by atoms with Gasteiger partial charge in [-0.1, -0.05) is 0 Å². The van der Waals surface area contributed by atoms with Crippen LogP contribution in [0.25, 0.3) is 10.4 Å². The van der Waals surface area contributed by atoms with Crippen molar-refractivity contribution < 1.29 is 0 Å². The lowest BCUT2D eigenvalue weighted by molar-refractivity contribution is 0.989. The zero-order valence-corrected chi connectivity index (χ0v) is 12.2. The fraction of sp³-hybridized carbons (Fsp3) is 0.250. The molecule has 0 amide bonds. The highest BCUT2D eigenvalue weighted by atomic mass is 79.9. The van der Waals surface area contributed by atoms with Gasteiger partial charge in [0, 0.05) is 52.7 Å². The molecule has 0 aromatic carbocycles. The lowest BCUT2D eigenvalue weighted by atomic mass is 10.1. The molecule has 0 aliphatic carbocycles. The number of nitrogens with zero attached hydrogens (tertiary/aromatic N) is 2. The zero-order valence-electron chi connectivity index (χ0n) is 9.77. The summed E-state index contributed by atoms with van der Waals surface area (Å²) < 4.78 is 1.10. The number of anilines is 1. The van der Waals surface area contributed by atoms with Crippen LogP contribution in [0.5, 0.6) is 0 Å². The molecule has 0 saturated heterocycles. The summed E-state index contributed by atoms with van der Waals surface area (Å²) in [7, 11) is 3.96. The molecule has 17 heavy (non-hydrogen) atoms. The van der Waals surface area contributed by atoms with E-state index in [1.165, 1.54) is 10.4 Å². The maximum absolute atomic E-state index is 5.86. The Labute approximate surface area is 113 Å². The quantitative estimate of drug-likeness (QED) is 0.947. The molecule has 0 saturated carbocycles. The number of hydrogen-bond acceptors (Lipinski definition) is 4. The van der Waals surface area contributed by atoms with E-state index in [1.54, 1.807) is 11.3 Å². The second-order valence-corrected chi connectivity index (χ2v) is 5.72. The monoisotopic (exact) mass is 311 g/mol. The Morgan fingerprint density at radius 3 is 2.76 bits per heavy atom. The van der Waals surface area contributed by atoms with Gasteiger partial charge in [0.25, 0.3) is 0 Å². The van der Waals surface area contributed by atoms with Crippen molar-refractivity contribution in [1.82, 2.24) is 4.98 Å². The van der Waals surface area contributed by atoms with Crippen LogP contribution in [0, 0.1) is 0 Å². The van der Waals surface area contributed by atoms with Gasteiger partial charge in [-0.2, -0.15) is 0 Å². The summed E-state index contributed by atoms with van der Waals surface area (Å²) in [6.07, 6.45) is 1.83. The minimum Gasteiger partial charge on any atom is -0.362 e. The minimum atomic E-state index is 0.492. The Morgan fingerprint density at radius 1 is 1.47 bits per heavy atom. The Balaban J connectivity index is 2.58. The Morgan fingerprint density at radius 2 is 2.24 bits per heavy atom. The van der Waals surface area contributed by atoms with Crippen molar-refractivity contribution in [3.05, 3.63) is 33.7 Å². The molecule has 0 fully saturated rings. The summed E-state index contributed by atoms with van der Waals surface area (Å²) in [5.74, 6) is 0.939. The first-order chi connectivity index (χ1) is 8.13. The van der Waals surface area contributed by atoms with E-state index in [0.717, 1.165) is 15.9 Å². The zero-order chi connectivity index (χ0) is 12.4. The molecule has 5 heteroatoms. The van der Waals surface area contributed by atoms with Gasteiger partial charge in [-0.15, -0.1) is 11.3 Å². The van der Waals surface area contributed by atoms with Gasteiger partial charge in [0.05, 0.1) is 0 Å². The molecule has 0 radical (unpaired) electrons. The number of thiophene rings is 1. The van der Waals surface area contributed by atoms with Gasteiger partial charge in [-0.05, 0) is 28.1 Å². The number of aromatic nitrogens is 1. The number of pyridine rings is 1. The third-order valence-corrected chi connectivity index (χ3v) is 4.22. The predicted octanol–water partition coefficient (Wildman–Crippen LogP) is 3.10. The highest BCUT2D eigenvalue weighted by Crippen LogP contribution is 2.34. The molecule has 0 unspecified atom stereocenters. The Kier molecular flexibility index (Phi) is 3.81. The second-order valence-electron chi connectivity index (χ2n) is 3.89. The van der Waals surface area contributed by atoms with Gasteiger partial charge in [-0.3, -0.25) is 0 Å². The summed E-state index contributed by atoms with van der Waals surface area (Å²) in [5.41, 5.74) is 8.12. The predicted molar refractivity (Wildman–Crippen MR) is 77.5 cm³/mol. The molecular formula is C12H14BrN3S. The van der Waals surface area contributed by atoms with Gasteiger partial charge >= 0.3 is 0 Å². The summed E-state index contributed by atoms with van der Waals surface area (Å²) >= 11 is 5.18. The average Bonchev–Trinajstić information content (AvgIpc) is 2.74. The van der Waals surface area contributed by atoms with Crippen LogP contribution >= 0.6 is 27.3 Å². The lowest BCUT2D eigenvalue weighted by Gasteiger charge is -2.17. The second kappa shape index (κ2) is 5.16. The standard InChI is InChI=1S/C12H14BrN3S/c1-16(2)12-10(6-14)9(3-4-15-12)11-5-8(13)7-17-11/h3-5,7H,6,14H2,1-2H3. The van der Waals surface area contributed by atoms with E-state index >= 15 is 0 Å². The molecule has 0 spiro atoms. The molecule has 2 aromatic rings. The van der Waals surface area contributed by atoms with E-state index in [-0.39, 0.29) is 0 Å². The third-order valence-electron chi connectivity index (χ3n) is 2.49. The van der Waals surface area contributed by atoms with Crippen molar-refractivity contribution in [3.63, 3.8) is 0 Å². The summed E-state index contributed by atoms with van der Waals surface area (Å²) in [5, 5.41) is 2.07. The SMILES string of the molecule is CN(C)c1nccc(-c2cc(Br)cs2)c1CN. The summed E-state index contributed by atoms with van der Waals surface area (Å²) in [6, 6.07) is 4.13. The van der Waals surface area contributed by atoms with Crippen molar-refractivity contribution in [1.29, 1.82) is 0 Å². The molecular weight excluding hydrogens is 298 g/mol. The largest absolute Gasteiger partial charge is 0.362 e. The van der Waals surface area contributed by atoms with Crippen LogP contribution in [0.4, 0.5) is 5.82 Å². The highest BCUT2D eigenvalue weighted by Gasteiger charge is 2.12. The van der Waals surface area contributed by atoms with Crippen LogP contribution < -0.4 is 10.6 Å². The van der Waals surface area contributed by atoms with Crippen LogP contribution in [0.2, 0.25) is 0 Å². The van der Waals surface area contributed by atoms with Crippen molar-refractivity contribution in [2.24, 2.45) is 5.73 Å². The molecule has 0 aliphatic heterocycles. The van der Waals surface area contributed by atoms with Gasteiger partial charge in [0.15, 0.2) is 0 Å². The molecule has 0 atom stereocenters. The fourth-order valence-corrected chi connectivity index (χ4v) is 3.23. The smallest absolute Gasteiger partial charge is 0.133 e. The first-order valence-electron chi connectivity index (χ1n) is 5.23. The van der Waals surface area contributed by atoms with Crippen molar-refractivity contribution in [2.75, 3.05) is 19.0 Å². The molecule has 2 aromatic heterocycles. The number of nitrogens with two attached hydrogens (primary N) is 1. The molecule has 0 bridgehead atoms.